The molecule has 0 unspecified atom stereocenters. The summed E-state index contributed by atoms with van der Waals surface area (Å²) in [7, 11) is 0. The molecule has 0 radical (unpaired) electrons. The van der Waals surface area contributed by atoms with Crippen LogP contribution < -0.4 is 5.32 Å². The second kappa shape index (κ2) is 8.29. The molecule has 3 rings (SSSR count). The first-order chi connectivity index (χ1) is 13.1. The maximum absolute atomic E-state index is 13.7. The fourth-order valence-electron chi connectivity index (χ4n) is 3.31. The number of nitrogens with zero attached hydrogens (tertiary/aromatic N) is 1. The van der Waals surface area contributed by atoms with Crippen molar-refractivity contribution < 1.29 is 23.4 Å². The van der Waals surface area contributed by atoms with Crippen molar-refractivity contribution in [3.63, 3.8) is 0 Å². The lowest BCUT2D eigenvalue weighted by Crippen LogP contribution is -2.51. The Morgan fingerprint density at radius 3 is 2.50 bits per heavy atom. The number of aliphatic hydroxyl groups is 2. The third-order valence-electron chi connectivity index (χ3n) is 4.89. The van der Waals surface area contributed by atoms with Crippen molar-refractivity contribution in [1.29, 1.82) is 0 Å². The van der Waals surface area contributed by atoms with Gasteiger partial charge in [-0.05, 0) is 41.8 Å². The van der Waals surface area contributed by atoms with Crippen LogP contribution in [-0.4, -0.2) is 40.7 Å². The number of hydrogen-bond acceptors (Lipinski definition) is 4. The molecule has 28 heavy (non-hydrogen) atoms. The largest absolute Gasteiger partial charge is 0.412 e. The second-order valence-corrected chi connectivity index (χ2v) is 7.60. The Labute approximate surface area is 166 Å². The molecule has 4 nitrogen and oxygen atoms in total. The van der Waals surface area contributed by atoms with Gasteiger partial charge in [-0.2, -0.15) is 13.2 Å². The third-order valence-corrected chi connectivity index (χ3v) is 5.32. The second-order valence-electron chi connectivity index (χ2n) is 7.20. The van der Waals surface area contributed by atoms with E-state index in [9.17, 15) is 13.2 Å². The summed E-state index contributed by atoms with van der Waals surface area (Å²) in [5, 5.41) is 21.3. The van der Waals surface area contributed by atoms with Gasteiger partial charge in [0.05, 0.1) is 0 Å². The van der Waals surface area contributed by atoms with Crippen molar-refractivity contribution >= 4 is 17.3 Å². The molecule has 0 aliphatic carbocycles. The van der Waals surface area contributed by atoms with Gasteiger partial charge in [-0.15, -0.1) is 0 Å². The highest BCUT2D eigenvalue weighted by Gasteiger charge is 2.41. The van der Waals surface area contributed by atoms with E-state index in [1.165, 1.54) is 18.2 Å². The van der Waals surface area contributed by atoms with Crippen molar-refractivity contribution in [2.45, 2.75) is 32.0 Å². The first kappa shape index (κ1) is 20.9. The maximum atomic E-state index is 13.7. The molecule has 1 atom stereocenters. The number of likely N-dealkylation sites (tertiary alicyclic amines) is 1. The van der Waals surface area contributed by atoms with Gasteiger partial charge < -0.3 is 15.5 Å². The number of benzene rings is 2. The first-order valence-electron chi connectivity index (χ1n) is 8.90. The van der Waals surface area contributed by atoms with E-state index in [1.54, 1.807) is 25.1 Å². The van der Waals surface area contributed by atoms with Gasteiger partial charge in [-0.1, -0.05) is 35.9 Å². The van der Waals surface area contributed by atoms with Crippen LogP contribution in [0.15, 0.2) is 42.5 Å². The summed E-state index contributed by atoms with van der Waals surface area (Å²) in [6.07, 6.45) is -5.81. The van der Waals surface area contributed by atoms with Crippen LogP contribution in [0.25, 0.3) is 0 Å². The minimum absolute atomic E-state index is 0.0994. The maximum Gasteiger partial charge on any atom is 0.412 e. The Morgan fingerprint density at radius 1 is 1.18 bits per heavy atom. The summed E-state index contributed by atoms with van der Waals surface area (Å²) >= 11 is 5.94. The molecular formula is C20H22ClF3N2O2. The molecule has 1 fully saturated rings. The van der Waals surface area contributed by atoms with Crippen LogP contribution >= 0.6 is 11.6 Å². The van der Waals surface area contributed by atoms with Crippen LogP contribution in [0.1, 0.15) is 22.7 Å². The number of alkyl halides is 3. The Bertz CT molecular complexity index is 823. The first-order valence-corrected chi connectivity index (χ1v) is 9.28. The number of halogens is 4. The van der Waals surface area contributed by atoms with Crippen molar-refractivity contribution in [3.8, 4) is 0 Å². The lowest BCUT2D eigenvalue weighted by Gasteiger charge is -2.40. The molecule has 0 amide bonds. The molecule has 1 heterocycles. The quantitative estimate of drug-likeness (QED) is 0.623. The summed E-state index contributed by atoms with van der Waals surface area (Å²) in [6, 6.07) is 9.27. The zero-order valence-corrected chi connectivity index (χ0v) is 16.0. The summed E-state index contributed by atoms with van der Waals surface area (Å²) in [6.45, 7) is 3.30. The monoisotopic (exact) mass is 414 g/mol. The van der Waals surface area contributed by atoms with Crippen LogP contribution in [0.3, 0.4) is 0 Å². The Kier molecular flexibility index (Phi) is 6.19. The average Bonchev–Trinajstić information content (AvgIpc) is 2.57. The van der Waals surface area contributed by atoms with E-state index in [0.717, 1.165) is 5.56 Å². The molecule has 0 aromatic heterocycles. The van der Waals surface area contributed by atoms with E-state index >= 15 is 0 Å². The van der Waals surface area contributed by atoms with E-state index in [4.69, 9.17) is 21.8 Å². The lowest BCUT2D eigenvalue weighted by atomic mass is 9.98. The Balaban J connectivity index is 1.73. The van der Waals surface area contributed by atoms with Crippen molar-refractivity contribution in [1.82, 2.24) is 4.90 Å². The smallest absolute Gasteiger partial charge is 0.370 e. The van der Waals surface area contributed by atoms with E-state index in [1.807, 2.05) is 11.0 Å². The highest BCUT2D eigenvalue weighted by Crippen LogP contribution is 2.37. The fourth-order valence-corrected chi connectivity index (χ4v) is 3.43. The highest BCUT2D eigenvalue weighted by atomic mass is 35.5. The predicted molar refractivity (Wildman–Crippen MR) is 102 cm³/mol. The van der Waals surface area contributed by atoms with Gasteiger partial charge in [0.25, 0.3) is 0 Å². The van der Waals surface area contributed by atoms with Crippen molar-refractivity contribution in [2.75, 3.05) is 18.4 Å². The van der Waals surface area contributed by atoms with Gasteiger partial charge in [0.2, 0.25) is 0 Å². The summed E-state index contributed by atoms with van der Waals surface area (Å²) in [5.74, 6) is -0.177. The van der Waals surface area contributed by atoms with Crippen molar-refractivity contribution in [3.05, 3.63) is 64.2 Å². The standard InChI is InChI=1S/C20H22ClF3N2O2/c1-12-7-14(5-6-17(12)21)18(20(22,23)24)25-16-4-2-3-13(8-16)9-26-10-15(11-26)19(27)28/h2-8,15,18-19,25,27-28H,9-11H2,1H3/t18-/m0/s1. The number of aliphatic hydroxyl groups excluding tert-OH is 1. The van der Waals surface area contributed by atoms with Crippen LogP contribution in [-0.2, 0) is 6.54 Å². The van der Waals surface area contributed by atoms with E-state index < -0.39 is 18.5 Å². The molecule has 1 saturated heterocycles. The molecule has 1 aliphatic rings. The number of nitrogens with one attached hydrogen (secondary N) is 1. The molecule has 8 heteroatoms. The highest BCUT2D eigenvalue weighted by molar-refractivity contribution is 6.31. The van der Waals surface area contributed by atoms with Gasteiger partial charge in [0.1, 0.15) is 6.04 Å². The average molecular weight is 415 g/mol. The van der Waals surface area contributed by atoms with Crippen LogP contribution in [0.5, 0.6) is 0 Å². The summed E-state index contributed by atoms with van der Waals surface area (Å²) in [5.41, 5.74) is 1.90. The van der Waals surface area contributed by atoms with Gasteiger partial charge in [-0.3, -0.25) is 4.90 Å². The predicted octanol–water partition coefficient (Wildman–Crippen LogP) is 4.11. The third kappa shape index (κ3) is 4.97. The zero-order valence-electron chi connectivity index (χ0n) is 15.2. The molecule has 0 saturated carbocycles. The molecule has 2 aromatic rings. The summed E-state index contributed by atoms with van der Waals surface area (Å²) < 4.78 is 41.0. The molecule has 0 spiro atoms. The minimum Gasteiger partial charge on any atom is -0.370 e. The molecular weight excluding hydrogens is 393 g/mol. The number of hydrogen-bond donors (Lipinski definition) is 3. The lowest BCUT2D eigenvalue weighted by molar-refractivity contribution is -0.144. The van der Waals surface area contributed by atoms with Crippen LogP contribution in [0.4, 0.5) is 18.9 Å². The molecule has 152 valence electrons. The molecule has 3 N–H and O–H groups in total. The van der Waals surface area contributed by atoms with E-state index in [0.29, 0.717) is 35.9 Å². The Morgan fingerprint density at radius 2 is 1.89 bits per heavy atom. The van der Waals surface area contributed by atoms with Crippen LogP contribution in [0.2, 0.25) is 5.02 Å². The SMILES string of the molecule is Cc1cc([C@H](Nc2cccc(CN3CC(C(O)O)C3)c2)C(F)(F)F)ccc1Cl. The molecule has 0 bridgehead atoms. The number of aryl methyl sites for hydroxylation is 1. The number of anilines is 1. The van der Waals surface area contributed by atoms with Gasteiger partial charge in [0, 0.05) is 36.3 Å². The topological polar surface area (TPSA) is 55.7 Å². The number of rotatable bonds is 6. The van der Waals surface area contributed by atoms with Gasteiger partial charge >= 0.3 is 6.18 Å². The fraction of sp³-hybridized carbons (Fsp3) is 0.400. The molecule has 2 aromatic carbocycles. The normalized spacial score (nSPS) is 16.9. The van der Waals surface area contributed by atoms with Gasteiger partial charge in [0.15, 0.2) is 6.29 Å². The minimum atomic E-state index is -4.47. The molecule has 1 aliphatic heterocycles. The Hall–Kier alpha value is -1.80. The van der Waals surface area contributed by atoms with Crippen LogP contribution in [0, 0.1) is 12.8 Å². The van der Waals surface area contributed by atoms with Gasteiger partial charge in [-0.25, -0.2) is 0 Å². The van der Waals surface area contributed by atoms with Crippen molar-refractivity contribution in [2.24, 2.45) is 5.92 Å². The van der Waals surface area contributed by atoms with E-state index in [2.05, 4.69) is 5.32 Å². The summed E-state index contributed by atoms with van der Waals surface area (Å²) in [4.78, 5) is 2.01. The van der Waals surface area contributed by atoms with E-state index in [-0.39, 0.29) is 11.5 Å². The zero-order chi connectivity index (χ0) is 20.5.